The zero-order valence-electron chi connectivity index (χ0n) is 17.1. The molecule has 6 nitrogen and oxygen atoms in total. The first kappa shape index (κ1) is 20.7. The van der Waals surface area contributed by atoms with E-state index in [4.69, 9.17) is 14.2 Å². The third-order valence-electron chi connectivity index (χ3n) is 5.04. The number of amides is 1. The lowest BCUT2D eigenvalue weighted by molar-refractivity contribution is -0.130. The molecule has 0 aromatic heterocycles. The summed E-state index contributed by atoms with van der Waals surface area (Å²) in [6, 6.07) is 12.9. The predicted octanol–water partition coefficient (Wildman–Crippen LogP) is 3.83. The number of ether oxygens (including phenoxy) is 3. The first-order chi connectivity index (χ1) is 14.0. The van der Waals surface area contributed by atoms with Crippen molar-refractivity contribution in [2.75, 3.05) is 13.7 Å². The third-order valence-corrected chi connectivity index (χ3v) is 5.04. The largest absolute Gasteiger partial charge is 0.493 e. The molecule has 1 amide bonds. The van der Waals surface area contributed by atoms with E-state index in [0.717, 1.165) is 24.8 Å². The maximum absolute atomic E-state index is 12.6. The quantitative estimate of drug-likeness (QED) is 0.719. The molecule has 2 aromatic rings. The Morgan fingerprint density at radius 3 is 2.72 bits per heavy atom. The first-order valence-electron chi connectivity index (χ1n) is 9.93. The Balaban J connectivity index is 1.63. The van der Waals surface area contributed by atoms with Crippen LogP contribution in [0.1, 0.15) is 54.2 Å². The monoisotopic (exact) mass is 397 g/mol. The molecule has 1 aliphatic rings. The number of carbonyl (C=O) groups is 2. The van der Waals surface area contributed by atoms with Gasteiger partial charge in [0, 0.05) is 0 Å². The van der Waals surface area contributed by atoms with Crippen LogP contribution in [0.5, 0.6) is 11.5 Å². The second kappa shape index (κ2) is 9.45. The molecule has 1 N–H and O–H groups in total. The van der Waals surface area contributed by atoms with Crippen LogP contribution in [0.2, 0.25) is 0 Å². The van der Waals surface area contributed by atoms with Crippen LogP contribution in [-0.4, -0.2) is 31.7 Å². The van der Waals surface area contributed by atoms with Crippen molar-refractivity contribution in [2.24, 2.45) is 0 Å². The topological polar surface area (TPSA) is 73.9 Å². The number of esters is 1. The van der Waals surface area contributed by atoms with Gasteiger partial charge in [-0.15, -0.1) is 0 Å². The lowest BCUT2D eigenvalue weighted by Crippen LogP contribution is -2.39. The number of methoxy groups -OCH3 is 1. The summed E-state index contributed by atoms with van der Waals surface area (Å²) in [5.41, 5.74) is 2.70. The van der Waals surface area contributed by atoms with Crippen molar-refractivity contribution in [3.8, 4) is 11.5 Å². The SMILES string of the molecule is CCOc1ccc(C(=O)O[C@H](C)C(=O)N[C@@H]2CCCc3ccccc32)cc1OC. The van der Waals surface area contributed by atoms with Gasteiger partial charge in [0.05, 0.1) is 25.3 Å². The molecule has 2 aromatic carbocycles. The predicted molar refractivity (Wildman–Crippen MR) is 109 cm³/mol. The Hall–Kier alpha value is -3.02. The fourth-order valence-electron chi connectivity index (χ4n) is 3.54. The van der Waals surface area contributed by atoms with Crippen LogP contribution in [-0.2, 0) is 16.0 Å². The summed E-state index contributed by atoms with van der Waals surface area (Å²) < 4.78 is 16.1. The van der Waals surface area contributed by atoms with E-state index in [2.05, 4.69) is 11.4 Å². The van der Waals surface area contributed by atoms with Gasteiger partial charge in [0.1, 0.15) is 0 Å². The fourth-order valence-corrected chi connectivity index (χ4v) is 3.54. The van der Waals surface area contributed by atoms with Crippen molar-refractivity contribution in [1.29, 1.82) is 0 Å². The van der Waals surface area contributed by atoms with Crippen LogP contribution in [0, 0.1) is 0 Å². The molecule has 1 aliphatic carbocycles. The van der Waals surface area contributed by atoms with E-state index in [9.17, 15) is 9.59 Å². The van der Waals surface area contributed by atoms with Crippen LogP contribution in [0.25, 0.3) is 0 Å². The molecular formula is C23H27NO5. The number of hydrogen-bond acceptors (Lipinski definition) is 5. The minimum atomic E-state index is -0.908. The maximum atomic E-state index is 12.6. The molecule has 0 saturated heterocycles. The number of hydrogen-bond donors (Lipinski definition) is 1. The average Bonchev–Trinajstić information content (AvgIpc) is 2.74. The Kier molecular flexibility index (Phi) is 6.75. The summed E-state index contributed by atoms with van der Waals surface area (Å²) in [6.45, 7) is 3.93. The second-order valence-corrected chi connectivity index (χ2v) is 7.00. The van der Waals surface area contributed by atoms with E-state index in [1.165, 1.54) is 12.7 Å². The van der Waals surface area contributed by atoms with Gasteiger partial charge >= 0.3 is 5.97 Å². The van der Waals surface area contributed by atoms with Gasteiger partial charge in [0.15, 0.2) is 17.6 Å². The highest BCUT2D eigenvalue weighted by Crippen LogP contribution is 2.30. The molecule has 3 rings (SSSR count). The molecule has 0 spiro atoms. The molecule has 0 aliphatic heterocycles. The molecule has 0 bridgehead atoms. The van der Waals surface area contributed by atoms with Crippen molar-refractivity contribution in [2.45, 2.75) is 45.3 Å². The number of benzene rings is 2. The van der Waals surface area contributed by atoms with E-state index in [0.29, 0.717) is 23.7 Å². The minimum Gasteiger partial charge on any atom is -0.493 e. The number of carbonyl (C=O) groups excluding carboxylic acids is 2. The van der Waals surface area contributed by atoms with Crippen molar-refractivity contribution >= 4 is 11.9 Å². The zero-order chi connectivity index (χ0) is 20.8. The summed E-state index contributed by atoms with van der Waals surface area (Å²) in [6.07, 6.45) is 2.00. The molecule has 6 heteroatoms. The van der Waals surface area contributed by atoms with Crippen molar-refractivity contribution in [3.05, 3.63) is 59.2 Å². The van der Waals surface area contributed by atoms with Crippen LogP contribution < -0.4 is 14.8 Å². The molecule has 29 heavy (non-hydrogen) atoms. The van der Waals surface area contributed by atoms with Crippen molar-refractivity contribution in [3.63, 3.8) is 0 Å². The fraction of sp³-hybridized carbons (Fsp3) is 0.391. The van der Waals surface area contributed by atoms with Gasteiger partial charge in [-0.1, -0.05) is 24.3 Å². The molecule has 0 heterocycles. The van der Waals surface area contributed by atoms with Gasteiger partial charge in [-0.2, -0.15) is 0 Å². The van der Waals surface area contributed by atoms with Gasteiger partial charge in [0.2, 0.25) is 0 Å². The zero-order valence-corrected chi connectivity index (χ0v) is 17.1. The molecule has 0 radical (unpaired) electrons. The lowest BCUT2D eigenvalue weighted by atomic mass is 9.87. The normalized spacial score (nSPS) is 16.3. The molecule has 2 atom stereocenters. The summed E-state index contributed by atoms with van der Waals surface area (Å²) in [4.78, 5) is 25.1. The molecule has 0 unspecified atom stereocenters. The Morgan fingerprint density at radius 2 is 1.97 bits per heavy atom. The smallest absolute Gasteiger partial charge is 0.339 e. The van der Waals surface area contributed by atoms with Gasteiger partial charge in [0.25, 0.3) is 5.91 Å². The molecule has 154 valence electrons. The highest BCUT2D eigenvalue weighted by molar-refractivity contribution is 5.93. The van der Waals surface area contributed by atoms with Crippen LogP contribution in [0.4, 0.5) is 0 Å². The van der Waals surface area contributed by atoms with Crippen molar-refractivity contribution < 1.29 is 23.8 Å². The highest BCUT2D eigenvalue weighted by Gasteiger charge is 2.26. The number of aryl methyl sites for hydroxylation is 1. The van der Waals surface area contributed by atoms with E-state index in [1.54, 1.807) is 25.1 Å². The third kappa shape index (κ3) is 4.88. The Morgan fingerprint density at radius 1 is 1.17 bits per heavy atom. The summed E-state index contributed by atoms with van der Waals surface area (Å²) in [5.74, 6) is 0.0986. The second-order valence-electron chi connectivity index (χ2n) is 7.00. The van der Waals surface area contributed by atoms with E-state index >= 15 is 0 Å². The first-order valence-corrected chi connectivity index (χ1v) is 9.93. The minimum absolute atomic E-state index is 0.0563. The van der Waals surface area contributed by atoms with Crippen LogP contribution in [0.15, 0.2) is 42.5 Å². The Labute approximate surface area is 171 Å². The summed E-state index contributed by atoms with van der Waals surface area (Å²) in [7, 11) is 1.51. The molecule has 0 fully saturated rings. The molecule has 0 saturated carbocycles. The van der Waals surface area contributed by atoms with E-state index in [-0.39, 0.29) is 11.9 Å². The summed E-state index contributed by atoms with van der Waals surface area (Å²) in [5, 5.41) is 3.02. The maximum Gasteiger partial charge on any atom is 0.339 e. The lowest BCUT2D eigenvalue weighted by Gasteiger charge is -2.27. The molecular weight excluding hydrogens is 370 g/mol. The van der Waals surface area contributed by atoms with Crippen LogP contribution >= 0.6 is 0 Å². The Bertz CT molecular complexity index is 879. The van der Waals surface area contributed by atoms with Crippen LogP contribution in [0.3, 0.4) is 0 Å². The van der Waals surface area contributed by atoms with Crippen molar-refractivity contribution in [1.82, 2.24) is 5.32 Å². The van der Waals surface area contributed by atoms with Gasteiger partial charge in [-0.05, 0) is 62.4 Å². The van der Waals surface area contributed by atoms with Gasteiger partial charge < -0.3 is 19.5 Å². The number of fused-ring (bicyclic) bond motifs is 1. The standard InChI is InChI=1S/C23H27NO5/c1-4-28-20-13-12-17(14-21(20)27-3)23(26)29-15(2)22(25)24-19-11-7-9-16-8-5-6-10-18(16)19/h5-6,8,10,12-15,19H,4,7,9,11H2,1-3H3,(H,24,25)/t15-,19-/m1/s1. The summed E-state index contributed by atoms with van der Waals surface area (Å²) >= 11 is 0. The average molecular weight is 397 g/mol. The van der Waals surface area contributed by atoms with E-state index < -0.39 is 12.1 Å². The number of nitrogens with one attached hydrogen (secondary N) is 1. The van der Waals surface area contributed by atoms with Gasteiger partial charge in [-0.3, -0.25) is 4.79 Å². The van der Waals surface area contributed by atoms with E-state index in [1.807, 2.05) is 25.1 Å². The number of rotatable bonds is 7. The highest BCUT2D eigenvalue weighted by atomic mass is 16.5. The van der Waals surface area contributed by atoms with Gasteiger partial charge in [-0.25, -0.2) is 4.79 Å².